The highest BCUT2D eigenvalue weighted by Crippen LogP contribution is 2.33. The van der Waals surface area contributed by atoms with E-state index in [0.29, 0.717) is 11.8 Å². The second-order valence-corrected chi connectivity index (χ2v) is 5.95. The van der Waals surface area contributed by atoms with E-state index in [1.54, 1.807) is 11.3 Å². The van der Waals surface area contributed by atoms with Crippen LogP contribution in [0.5, 0.6) is 0 Å². The van der Waals surface area contributed by atoms with E-state index in [1.165, 1.54) is 27.1 Å². The SMILES string of the molecule is Cc1scc(CCl)c1-c1ccc(C(C)C)cc1. The van der Waals surface area contributed by atoms with E-state index < -0.39 is 0 Å². The predicted octanol–water partition coefficient (Wildman–Crippen LogP) is 5.59. The van der Waals surface area contributed by atoms with Gasteiger partial charge in [-0.05, 0) is 40.5 Å². The zero-order valence-electron chi connectivity index (χ0n) is 10.5. The van der Waals surface area contributed by atoms with Gasteiger partial charge in [0.15, 0.2) is 0 Å². The Hall–Kier alpha value is -0.790. The fraction of sp³-hybridized carbons (Fsp3) is 0.333. The van der Waals surface area contributed by atoms with Crippen LogP contribution in [0.25, 0.3) is 11.1 Å². The molecule has 0 atom stereocenters. The van der Waals surface area contributed by atoms with Gasteiger partial charge in [0.2, 0.25) is 0 Å². The number of hydrogen-bond donors (Lipinski definition) is 0. The van der Waals surface area contributed by atoms with Crippen LogP contribution in [0.15, 0.2) is 29.6 Å². The van der Waals surface area contributed by atoms with Crippen molar-refractivity contribution in [2.24, 2.45) is 0 Å². The number of benzene rings is 1. The van der Waals surface area contributed by atoms with Gasteiger partial charge in [-0.25, -0.2) is 0 Å². The Labute approximate surface area is 112 Å². The van der Waals surface area contributed by atoms with Crippen molar-refractivity contribution in [2.75, 3.05) is 0 Å². The first-order chi connectivity index (χ1) is 8.13. The van der Waals surface area contributed by atoms with E-state index in [-0.39, 0.29) is 0 Å². The quantitative estimate of drug-likeness (QED) is 0.635. The molecule has 90 valence electrons. The molecule has 0 saturated carbocycles. The number of alkyl halides is 1. The highest BCUT2D eigenvalue weighted by Gasteiger charge is 2.10. The zero-order chi connectivity index (χ0) is 12.4. The molecule has 0 bridgehead atoms. The molecular weight excluding hydrogens is 248 g/mol. The van der Waals surface area contributed by atoms with Crippen molar-refractivity contribution in [1.29, 1.82) is 0 Å². The van der Waals surface area contributed by atoms with Crippen LogP contribution in [0.2, 0.25) is 0 Å². The van der Waals surface area contributed by atoms with Crippen LogP contribution in [0, 0.1) is 6.92 Å². The molecule has 0 nitrogen and oxygen atoms in total. The van der Waals surface area contributed by atoms with Crippen molar-refractivity contribution in [1.82, 2.24) is 0 Å². The lowest BCUT2D eigenvalue weighted by molar-refractivity contribution is 0.867. The van der Waals surface area contributed by atoms with Crippen molar-refractivity contribution in [2.45, 2.75) is 32.6 Å². The molecule has 0 N–H and O–H groups in total. The number of hydrogen-bond acceptors (Lipinski definition) is 1. The fourth-order valence-corrected chi connectivity index (χ4v) is 3.21. The summed E-state index contributed by atoms with van der Waals surface area (Å²) in [4.78, 5) is 1.35. The first kappa shape index (κ1) is 12.7. The van der Waals surface area contributed by atoms with Gasteiger partial charge in [0, 0.05) is 10.8 Å². The van der Waals surface area contributed by atoms with Crippen LogP contribution in [0.3, 0.4) is 0 Å². The molecule has 0 spiro atoms. The molecule has 0 aliphatic carbocycles. The number of thiophene rings is 1. The molecule has 0 amide bonds. The Morgan fingerprint density at radius 3 is 2.35 bits per heavy atom. The third kappa shape index (κ3) is 2.56. The van der Waals surface area contributed by atoms with Gasteiger partial charge >= 0.3 is 0 Å². The van der Waals surface area contributed by atoms with E-state index >= 15 is 0 Å². The molecule has 0 unspecified atom stereocenters. The van der Waals surface area contributed by atoms with Crippen molar-refractivity contribution in [3.8, 4) is 11.1 Å². The Morgan fingerprint density at radius 2 is 1.82 bits per heavy atom. The molecule has 2 rings (SSSR count). The molecule has 2 heteroatoms. The Morgan fingerprint density at radius 1 is 1.18 bits per heavy atom. The van der Waals surface area contributed by atoms with E-state index in [2.05, 4.69) is 50.4 Å². The lowest BCUT2D eigenvalue weighted by Crippen LogP contribution is -1.88. The standard InChI is InChI=1S/C15H17ClS/c1-10(2)12-4-6-13(7-5-12)15-11(3)17-9-14(15)8-16/h4-7,9-10H,8H2,1-3H3. The summed E-state index contributed by atoms with van der Waals surface area (Å²) in [7, 11) is 0. The van der Waals surface area contributed by atoms with Crippen LogP contribution < -0.4 is 0 Å². The normalized spacial score (nSPS) is 11.1. The number of aryl methyl sites for hydroxylation is 1. The van der Waals surface area contributed by atoms with Gasteiger partial charge in [0.1, 0.15) is 0 Å². The number of halogens is 1. The molecule has 2 aromatic rings. The maximum absolute atomic E-state index is 5.98. The minimum absolute atomic E-state index is 0.583. The molecule has 1 aromatic carbocycles. The Bertz CT molecular complexity index is 494. The lowest BCUT2D eigenvalue weighted by Gasteiger charge is -2.08. The van der Waals surface area contributed by atoms with Gasteiger partial charge in [-0.15, -0.1) is 22.9 Å². The third-order valence-electron chi connectivity index (χ3n) is 3.06. The van der Waals surface area contributed by atoms with Crippen LogP contribution >= 0.6 is 22.9 Å². The molecule has 0 aliphatic heterocycles. The maximum atomic E-state index is 5.98. The van der Waals surface area contributed by atoms with Gasteiger partial charge in [0.05, 0.1) is 0 Å². The van der Waals surface area contributed by atoms with Crippen LogP contribution in [0.4, 0.5) is 0 Å². The summed E-state index contributed by atoms with van der Waals surface area (Å²) >= 11 is 7.76. The molecule has 0 aliphatic rings. The van der Waals surface area contributed by atoms with Crippen molar-refractivity contribution in [3.63, 3.8) is 0 Å². The average molecular weight is 265 g/mol. The molecule has 1 aromatic heterocycles. The van der Waals surface area contributed by atoms with E-state index in [1.807, 2.05) is 0 Å². The first-order valence-electron chi connectivity index (χ1n) is 5.86. The molecular formula is C15H17ClS. The first-order valence-corrected chi connectivity index (χ1v) is 7.28. The van der Waals surface area contributed by atoms with Gasteiger partial charge in [0.25, 0.3) is 0 Å². The summed E-state index contributed by atoms with van der Waals surface area (Å²) in [5.74, 6) is 1.17. The zero-order valence-corrected chi connectivity index (χ0v) is 12.0. The highest BCUT2D eigenvalue weighted by molar-refractivity contribution is 7.10. The topological polar surface area (TPSA) is 0 Å². The third-order valence-corrected chi connectivity index (χ3v) is 4.31. The monoisotopic (exact) mass is 264 g/mol. The van der Waals surface area contributed by atoms with E-state index in [4.69, 9.17) is 11.6 Å². The second-order valence-electron chi connectivity index (χ2n) is 4.60. The largest absolute Gasteiger partial charge is 0.148 e. The van der Waals surface area contributed by atoms with Crippen LogP contribution in [-0.4, -0.2) is 0 Å². The molecule has 0 saturated heterocycles. The van der Waals surface area contributed by atoms with Crippen molar-refractivity contribution >= 4 is 22.9 Å². The Balaban J connectivity index is 2.42. The Kier molecular flexibility index (Phi) is 3.90. The second kappa shape index (κ2) is 5.24. The molecule has 17 heavy (non-hydrogen) atoms. The average Bonchev–Trinajstić information content (AvgIpc) is 2.70. The van der Waals surface area contributed by atoms with Gasteiger partial charge in [-0.3, -0.25) is 0 Å². The minimum atomic E-state index is 0.583. The fourth-order valence-electron chi connectivity index (χ4n) is 2.03. The van der Waals surface area contributed by atoms with E-state index in [9.17, 15) is 0 Å². The summed E-state index contributed by atoms with van der Waals surface area (Å²) in [5, 5.41) is 2.16. The molecule has 0 fully saturated rings. The van der Waals surface area contributed by atoms with Crippen LogP contribution in [0.1, 0.15) is 35.8 Å². The predicted molar refractivity (Wildman–Crippen MR) is 78.1 cm³/mol. The lowest BCUT2D eigenvalue weighted by atomic mass is 9.97. The summed E-state index contributed by atoms with van der Waals surface area (Å²) in [5.41, 5.74) is 5.23. The van der Waals surface area contributed by atoms with Crippen LogP contribution in [-0.2, 0) is 5.88 Å². The number of rotatable bonds is 3. The van der Waals surface area contributed by atoms with E-state index in [0.717, 1.165) is 0 Å². The summed E-state index contributed by atoms with van der Waals surface area (Å²) in [6, 6.07) is 8.85. The smallest absolute Gasteiger partial charge is 0.0488 e. The molecule has 0 radical (unpaired) electrons. The summed E-state index contributed by atoms with van der Waals surface area (Å²) in [6.45, 7) is 6.59. The molecule has 1 heterocycles. The van der Waals surface area contributed by atoms with Crippen molar-refractivity contribution < 1.29 is 0 Å². The minimum Gasteiger partial charge on any atom is -0.148 e. The van der Waals surface area contributed by atoms with Gasteiger partial charge < -0.3 is 0 Å². The van der Waals surface area contributed by atoms with Crippen molar-refractivity contribution in [3.05, 3.63) is 45.6 Å². The summed E-state index contributed by atoms with van der Waals surface area (Å²) in [6.07, 6.45) is 0. The maximum Gasteiger partial charge on any atom is 0.0488 e. The van der Waals surface area contributed by atoms with Gasteiger partial charge in [-0.2, -0.15) is 0 Å². The van der Waals surface area contributed by atoms with Gasteiger partial charge in [-0.1, -0.05) is 38.1 Å². The highest BCUT2D eigenvalue weighted by atomic mass is 35.5. The summed E-state index contributed by atoms with van der Waals surface area (Å²) < 4.78 is 0.